The minimum absolute atomic E-state index is 0.546. The maximum atomic E-state index is 4.96. The first-order chi connectivity index (χ1) is 15.1. The molecule has 0 unspecified atom stereocenters. The lowest BCUT2D eigenvalue weighted by atomic mass is 9.96. The van der Waals surface area contributed by atoms with Crippen LogP contribution in [-0.2, 0) is 0 Å². The van der Waals surface area contributed by atoms with E-state index >= 15 is 0 Å². The number of piperazine rings is 1. The van der Waals surface area contributed by atoms with Gasteiger partial charge in [0.1, 0.15) is 0 Å². The zero-order valence-corrected chi connectivity index (χ0v) is 19.8. The molecule has 1 aromatic carbocycles. The van der Waals surface area contributed by atoms with Crippen LogP contribution in [-0.4, -0.2) is 77.3 Å². The SMILES string of the molecule is CC(C)c1ccc(-c2cnc3sc(N4CCC(CN5CCN(C)CC5)CC4)nn23)cc1. The predicted octanol–water partition coefficient (Wildman–Crippen LogP) is 4.05. The van der Waals surface area contributed by atoms with Gasteiger partial charge in [-0.1, -0.05) is 49.4 Å². The Labute approximate surface area is 189 Å². The Hall–Kier alpha value is -1.96. The molecule has 2 aliphatic rings. The van der Waals surface area contributed by atoms with Crippen molar-refractivity contribution in [2.45, 2.75) is 32.6 Å². The fraction of sp³-hybridized carbons (Fsp3) is 0.583. The van der Waals surface area contributed by atoms with E-state index in [1.807, 2.05) is 10.7 Å². The molecular weight excluding hydrogens is 404 g/mol. The van der Waals surface area contributed by atoms with Crippen LogP contribution in [0.25, 0.3) is 16.2 Å². The van der Waals surface area contributed by atoms with Gasteiger partial charge in [-0.05, 0) is 37.3 Å². The quantitative estimate of drug-likeness (QED) is 0.601. The van der Waals surface area contributed by atoms with Crippen LogP contribution in [0, 0.1) is 5.92 Å². The Kier molecular flexibility index (Phi) is 5.99. The van der Waals surface area contributed by atoms with E-state index in [4.69, 9.17) is 5.10 Å². The smallest absolute Gasteiger partial charge is 0.214 e. The molecule has 0 amide bonds. The molecule has 2 aromatic heterocycles. The molecule has 0 aliphatic carbocycles. The zero-order valence-electron chi connectivity index (χ0n) is 19.0. The molecule has 0 saturated carbocycles. The van der Waals surface area contributed by atoms with Crippen molar-refractivity contribution in [1.82, 2.24) is 24.4 Å². The average Bonchev–Trinajstić information content (AvgIpc) is 3.37. The number of rotatable bonds is 5. The van der Waals surface area contributed by atoms with Crippen molar-refractivity contribution >= 4 is 21.4 Å². The van der Waals surface area contributed by atoms with E-state index < -0.39 is 0 Å². The van der Waals surface area contributed by atoms with Crippen LogP contribution < -0.4 is 4.90 Å². The first-order valence-electron chi connectivity index (χ1n) is 11.7. The molecule has 5 rings (SSSR count). The Morgan fingerprint density at radius 2 is 1.71 bits per heavy atom. The summed E-state index contributed by atoms with van der Waals surface area (Å²) in [6.07, 6.45) is 4.48. The van der Waals surface area contributed by atoms with Crippen LogP contribution >= 0.6 is 11.3 Å². The van der Waals surface area contributed by atoms with Crippen molar-refractivity contribution in [3.8, 4) is 11.3 Å². The van der Waals surface area contributed by atoms with Gasteiger partial charge in [-0.2, -0.15) is 0 Å². The summed E-state index contributed by atoms with van der Waals surface area (Å²) in [6.45, 7) is 12.8. The molecule has 4 heterocycles. The number of hydrogen-bond donors (Lipinski definition) is 0. The molecule has 0 spiro atoms. The number of aromatic nitrogens is 3. The predicted molar refractivity (Wildman–Crippen MR) is 129 cm³/mol. The number of likely N-dealkylation sites (N-methyl/N-ethyl adjacent to an activating group) is 1. The largest absolute Gasteiger partial charge is 0.347 e. The molecule has 31 heavy (non-hydrogen) atoms. The van der Waals surface area contributed by atoms with Gasteiger partial charge in [-0.25, -0.2) is 9.50 Å². The van der Waals surface area contributed by atoms with Crippen LogP contribution in [0.15, 0.2) is 30.5 Å². The van der Waals surface area contributed by atoms with Crippen molar-refractivity contribution in [3.05, 3.63) is 36.0 Å². The number of benzene rings is 1. The van der Waals surface area contributed by atoms with E-state index in [0.717, 1.165) is 34.8 Å². The molecule has 3 aromatic rings. The lowest BCUT2D eigenvalue weighted by molar-refractivity contribution is 0.129. The van der Waals surface area contributed by atoms with Crippen LogP contribution in [0.1, 0.15) is 38.2 Å². The molecule has 0 atom stereocenters. The Morgan fingerprint density at radius 1 is 1.00 bits per heavy atom. The van der Waals surface area contributed by atoms with Crippen LogP contribution in [0.2, 0.25) is 0 Å². The highest BCUT2D eigenvalue weighted by molar-refractivity contribution is 7.20. The second-order valence-electron chi connectivity index (χ2n) is 9.53. The van der Waals surface area contributed by atoms with Gasteiger partial charge in [-0.3, -0.25) is 0 Å². The maximum Gasteiger partial charge on any atom is 0.214 e. The highest BCUT2D eigenvalue weighted by Gasteiger charge is 2.25. The Morgan fingerprint density at radius 3 is 2.39 bits per heavy atom. The lowest BCUT2D eigenvalue weighted by Gasteiger charge is -2.37. The average molecular weight is 439 g/mol. The highest BCUT2D eigenvalue weighted by Crippen LogP contribution is 2.31. The molecule has 0 radical (unpaired) electrons. The number of hydrogen-bond acceptors (Lipinski definition) is 6. The number of nitrogens with zero attached hydrogens (tertiary/aromatic N) is 6. The molecule has 6 nitrogen and oxygen atoms in total. The molecule has 7 heteroatoms. The summed E-state index contributed by atoms with van der Waals surface area (Å²) in [7, 11) is 2.23. The first-order valence-corrected chi connectivity index (χ1v) is 12.5. The zero-order chi connectivity index (χ0) is 21.4. The molecule has 0 N–H and O–H groups in total. The summed E-state index contributed by atoms with van der Waals surface area (Å²) < 4.78 is 2.03. The van der Waals surface area contributed by atoms with Gasteiger partial charge in [0, 0.05) is 51.4 Å². The van der Waals surface area contributed by atoms with Gasteiger partial charge in [0.05, 0.1) is 11.9 Å². The third-order valence-electron chi connectivity index (χ3n) is 6.95. The summed E-state index contributed by atoms with van der Waals surface area (Å²) in [4.78, 5) is 13.2. The molecule has 2 fully saturated rings. The van der Waals surface area contributed by atoms with Gasteiger partial charge >= 0.3 is 0 Å². The second-order valence-corrected chi connectivity index (χ2v) is 10.5. The molecule has 2 saturated heterocycles. The monoisotopic (exact) mass is 438 g/mol. The van der Waals surface area contributed by atoms with Crippen molar-refractivity contribution in [2.75, 3.05) is 57.8 Å². The number of anilines is 1. The molecular formula is C24H34N6S. The van der Waals surface area contributed by atoms with E-state index in [-0.39, 0.29) is 0 Å². The Balaban J connectivity index is 1.23. The van der Waals surface area contributed by atoms with Gasteiger partial charge < -0.3 is 14.7 Å². The van der Waals surface area contributed by atoms with Crippen molar-refractivity contribution in [1.29, 1.82) is 0 Å². The van der Waals surface area contributed by atoms with Crippen LogP contribution in [0.4, 0.5) is 5.13 Å². The second kappa shape index (κ2) is 8.88. The summed E-state index contributed by atoms with van der Waals surface area (Å²) in [5, 5.41) is 6.07. The van der Waals surface area contributed by atoms with E-state index in [1.165, 1.54) is 56.7 Å². The number of piperidine rings is 1. The Bertz CT molecular complexity index is 991. The molecule has 0 bridgehead atoms. The van der Waals surface area contributed by atoms with Crippen molar-refractivity contribution in [3.63, 3.8) is 0 Å². The third-order valence-corrected chi connectivity index (χ3v) is 7.93. The molecule has 2 aliphatic heterocycles. The van der Waals surface area contributed by atoms with E-state index in [2.05, 4.69) is 64.8 Å². The fourth-order valence-electron chi connectivity index (χ4n) is 4.75. The van der Waals surface area contributed by atoms with E-state index in [9.17, 15) is 0 Å². The number of fused-ring (bicyclic) bond motifs is 1. The van der Waals surface area contributed by atoms with Gasteiger partial charge in [-0.15, -0.1) is 5.10 Å². The fourth-order valence-corrected chi connectivity index (χ4v) is 5.68. The van der Waals surface area contributed by atoms with Crippen molar-refractivity contribution < 1.29 is 0 Å². The summed E-state index contributed by atoms with van der Waals surface area (Å²) in [6, 6.07) is 8.83. The highest BCUT2D eigenvalue weighted by atomic mass is 32.1. The van der Waals surface area contributed by atoms with Crippen LogP contribution in [0.3, 0.4) is 0 Å². The maximum absolute atomic E-state index is 4.96. The molecule has 166 valence electrons. The summed E-state index contributed by atoms with van der Waals surface area (Å²) >= 11 is 1.72. The standard InChI is InChI=1S/C24H34N6S/c1-18(2)20-4-6-21(7-5-20)22-16-25-23-30(22)26-24(31-23)29-10-8-19(9-11-29)17-28-14-12-27(3)13-15-28/h4-7,16,18-19H,8-15,17H2,1-3H3. The third kappa shape index (κ3) is 4.49. The van der Waals surface area contributed by atoms with Crippen molar-refractivity contribution in [2.24, 2.45) is 5.92 Å². The van der Waals surface area contributed by atoms with E-state index in [0.29, 0.717) is 5.92 Å². The van der Waals surface area contributed by atoms with Gasteiger partial charge in [0.25, 0.3) is 0 Å². The van der Waals surface area contributed by atoms with Crippen LogP contribution in [0.5, 0.6) is 0 Å². The van der Waals surface area contributed by atoms with E-state index in [1.54, 1.807) is 11.3 Å². The van der Waals surface area contributed by atoms with Gasteiger partial charge in [0.15, 0.2) is 0 Å². The normalized spacial score (nSPS) is 19.7. The minimum Gasteiger partial charge on any atom is -0.347 e. The summed E-state index contributed by atoms with van der Waals surface area (Å²) in [5.74, 6) is 1.36. The number of imidazole rings is 1. The minimum atomic E-state index is 0.546. The first kappa shape index (κ1) is 20.9. The summed E-state index contributed by atoms with van der Waals surface area (Å²) in [5.41, 5.74) is 3.63. The lowest BCUT2D eigenvalue weighted by Crippen LogP contribution is -2.47. The van der Waals surface area contributed by atoms with Gasteiger partial charge in [0.2, 0.25) is 10.1 Å². The topological polar surface area (TPSA) is 39.9 Å².